The van der Waals surface area contributed by atoms with Gasteiger partial charge in [0.05, 0.1) is 22.8 Å². The highest BCUT2D eigenvalue weighted by Gasteiger charge is 2.50. The fourth-order valence-corrected chi connectivity index (χ4v) is 4.18. The first-order valence-corrected chi connectivity index (χ1v) is 8.18. The van der Waals surface area contributed by atoms with Crippen LogP contribution in [0.1, 0.15) is 48.8 Å². The average molecular weight is 308 g/mol. The van der Waals surface area contributed by atoms with Crippen molar-refractivity contribution in [3.63, 3.8) is 0 Å². The van der Waals surface area contributed by atoms with Gasteiger partial charge >= 0.3 is 0 Å². The number of nitrogens with one attached hydrogen (secondary N) is 1. The molecule has 3 rings (SSSR count). The van der Waals surface area contributed by atoms with Gasteiger partial charge < -0.3 is 10.2 Å². The number of hydrogen-bond donors (Lipinski definition) is 1. The van der Waals surface area contributed by atoms with Gasteiger partial charge in [-0.25, -0.2) is 0 Å². The molecule has 21 heavy (non-hydrogen) atoms. The van der Waals surface area contributed by atoms with Crippen molar-refractivity contribution in [3.8, 4) is 0 Å². The summed E-state index contributed by atoms with van der Waals surface area (Å²) in [5, 5.41) is 2.98. The summed E-state index contributed by atoms with van der Waals surface area (Å²) in [4.78, 5) is 27.0. The van der Waals surface area contributed by atoms with Gasteiger partial charge in [-0.3, -0.25) is 9.59 Å². The van der Waals surface area contributed by atoms with E-state index in [1.54, 1.807) is 6.92 Å². The molecule has 0 radical (unpaired) electrons. The number of aryl methyl sites for hydroxylation is 1. The van der Waals surface area contributed by atoms with Gasteiger partial charge in [0.1, 0.15) is 0 Å². The van der Waals surface area contributed by atoms with Crippen LogP contribution in [0.3, 0.4) is 0 Å². The van der Waals surface area contributed by atoms with Gasteiger partial charge in [0.2, 0.25) is 5.91 Å². The van der Waals surface area contributed by atoms with Crippen LogP contribution in [0.5, 0.6) is 0 Å². The van der Waals surface area contributed by atoms with Crippen LogP contribution in [0, 0.1) is 12.3 Å². The quantitative estimate of drug-likeness (QED) is 0.850. The standard InChI is InChI=1S/C14H20N4O2S/c1-9-11(17-21-16-9)12(19)18-8-4-6-14(10(18)2)5-3-7-15-13(14)20/h10H,3-8H2,1-2H3,(H,15,20)/t10-,14+/m1/s1. The highest BCUT2D eigenvalue weighted by Crippen LogP contribution is 2.42. The Morgan fingerprint density at radius 2 is 2.14 bits per heavy atom. The van der Waals surface area contributed by atoms with Gasteiger partial charge in [-0.2, -0.15) is 8.75 Å². The SMILES string of the molecule is Cc1nsnc1C(=O)N1CCC[C@@]2(CCCNC2=O)[C@H]1C. The first kappa shape index (κ1) is 14.4. The van der Waals surface area contributed by atoms with Crippen LogP contribution in [0.4, 0.5) is 0 Å². The molecule has 6 nitrogen and oxygen atoms in total. The molecule has 2 aliphatic rings. The van der Waals surface area contributed by atoms with Crippen LogP contribution in [0.2, 0.25) is 0 Å². The molecule has 114 valence electrons. The summed E-state index contributed by atoms with van der Waals surface area (Å²) in [6.45, 7) is 5.23. The number of piperidine rings is 2. The summed E-state index contributed by atoms with van der Waals surface area (Å²) in [5.74, 6) is 0.0121. The number of amides is 2. The zero-order valence-corrected chi connectivity index (χ0v) is 13.2. The van der Waals surface area contributed by atoms with Crippen molar-refractivity contribution in [1.29, 1.82) is 0 Å². The van der Waals surface area contributed by atoms with Crippen LogP contribution in [0.25, 0.3) is 0 Å². The summed E-state index contributed by atoms with van der Waals surface area (Å²) in [6, 6.07) is -0.0971. The van der Waals surface area contributed by atoms with Crippen molar-refractivity contribution in [2.75, 3.05) is 13.1 Å². The number of nitrogens with zero attached hydrogens (tertiary/aromatic N) is 3. The Hall–Kier alpha value is -1.50. The molecule has 2 aliphatic heterocycles. The topological polar surface area (TPSA) is 75.2 Å². The van der Waals surface area contributed by atoms with Gasteiger partial charge in [0, 0.05) is 19.1 Å². The Labute approximate surface area is 128 Å². The van der Waals surface area contributed by atoms with Crippen LogP contribution < -0.4 is 5.32 Å². The van der Waals surface area contributed by atoms with Crippen LogP contribution >= 0.6 is 11.7 Å². The van der Waals surface area contributed by atoms with E-state index >= 15 is 0 Å². The van der Waals surface area contributed by atoms with Crippen molar-refractivity contribution < 1.29 is 9.59 Å². The Morgan fingerprint density at radius 3 is 2.81 bits per heavy atom. The first-order valence-electron chi connectivity index (χ1n) is 7.45. The van der Waals surface area contributed by atoms with E-state index in [1.165, 1.54) is 0 Å². The van der Waals surface area contributed by atoms with E-state index in [4.69, 9.17) is 0 Å². The maximum atomic E-state index is 12.7. The Bertz CT molecular complexity index is 569. The lowest BCUT2D eigenvalue weighted by Crippen LogP contribution is -2.61. The molecule has 1 spiro atoms. The molecule has 1 aromatic heterocycles. The smallest absolute Gasteiger partial charge is 0.275 e. The van der Waals surface area contributed by atoms with Crippen molar-refractivity contribution in [2.45, 2.75) is 45.6 Å². The molecule has 0 unspecified atom stereocenters. The van der Waals surface area contributed by atoms with E-state index in [-0.39, 0.29) is 17.9 Å². The zero-order valence-electron chi connectivity index (χ0n) is 12.4. The number of hydrogen-bond acceptors (Lipinski definition) is 5. The molecule has 3 heterocycles. The third-order valence-electron chi connectivity index (χ3n) is 4.94. The molecular weight excluding hydrogens is 288 g/mol. The predicted octanol–water partition coefficient (Wildman–Crippen LogP) is 1.37. The molecule has 2 fully saturated rings. The fourth-order valence-electron chi connectivity index (χ4n) is 3.64. The van der Waals surface area contributed by atoms with E-state index in [9.17, 15) is 9.59 Å². The molecule has 0 saturated carbocycles. The predicted molar refractivity (Wildman–Crippen MR) is 79.1 cm³/mol. The van der Waals surface area contributed by atoms with Crippen molar-refractivity contribution in [2.24, 2.45) is 5.41 Å². The van der Waals surface area contributed by atoms with E-state index in [2.05, 4.69) is 14.1 Å². The van der Waals surface area contributed by atoms with Crippen molar-refractivity contribution in [3.05, 3.63) is 11.4 Å². The summed E-state index contributed by atoms with van der Waals surface area (Å²) >= 11 is 1.06. The number of rotatable bonds is 1. The van der Waals surface area contributed by atoms with Gasteiger partial charge in [-0.05, 0) is 39.5 Å². The largest absolute Gasteiger partial charge is 0.356 e. The minimum atomic E-state index is -0.427. The molecule has 2 atom stereocenters. The van der Waals surface area contributed by atoms with Gasteiger partial charge in [-0.15, -0.1) is 0 Å². The van der Waals surface area contributed by atoms with Crippen molar-refractivity contribution >= 4 is 23.5 Å². The molecule has 2 amide bonds. The summed E-state index contributed by atoms with van der Waals surface area (Å²) in [7, 11) is 0. The van der Waals surface area contributed by atoms with E-state index < -0.39 is 5.41 Å². The van der Waals surface area contributed by atoms with Crippen LogP contribution in [-0.4, -0.2) is 44.6 Å². The average Bonchev–Trinajstić information content (AvgIpc) is 2.90. The highest BCUT2D eigenvalue weighted by atomic mass is 32.1. The maximum absolute atomic E-state index is 12.7. The third-order valence-corrected chi connectivity index (χ3v) is 5.56. The number of carbonyl (C=O) groups is 2. The second-order valence-electron chi connectivity index (χ2n) is 5.99. The second kappa shape index (κ2) is 5.36. The number of likely N-dealkylation sites (tertiary alicyclic amines) is 1. The maximum Gasteiger partial charge on any atom is 0.275 e. The summed E-state index contributed by atoms with van der Waals surface area (Å²) in [6.07, 6.45) is 3.56. The lowest BCUT2D eigenvalue weighted by atomic mass is 9.68. The number of aromatic nitrogens is 2. The second-order valence-corrected chi connectivity index (χ2v) is 6.52. The molecule has 1 aromatic rings. The lowest BCUT2D eigenvalue weighted by Gasteiger charge is -2.49. The molecule has 7 heteroatoms. The fraction of sp³-hybridized carbons (Fsp3) is 0.714. The van der Waals surface area contributed by atoms with E-state index in [0.717, 1.165) is 44.0 Å². The Kier molecular flexibility index (Phi) is 3.69. The van der Waals surface area contributed by atoms with Crippen molar-refractivity contribution in [1.82, 2.24) is 19.0 Å². The van der Waals surface area contributed by atoms with Gasteiger partial charge in [-0.1, -0.05) is 0 Å². The third kappa shape index (κ3) is 2.23. The van der Waals surface area contributed by atoms with Crippen LogP contribution in [-0.2, 0) is 4.79 Å². The molecule has 2 saturated heterocycles. The molecular formula is C14H20N4O2S. The number of carbonyl (C=O) groups excluding carboxylic acids is 2. The molecule has 0 aliphatic carbocycles. The highest BCUT2D eigenvalue weighted by molar-refractivity contribution is 6.99. The zero-order chi connectivity index (χ0) is 15.0. The summed E-state index contributed by atoms with van der Waals surface area (Å²) in [5.41, 5.74) is 0.675. The minimum Gasteiger partial charge on any atom is -0.356 e. The molecule has 1 N–H and O–H groups in total. The van der Waals surface area contributed by atoms with E-state index in [0.29, 0.717) is 17.9 Å². The lowest BCUT2D eigenvalue weighted by molar-refractivity contribution is -0.140. The first-order chi connectivity index (χ1) is 10.1. The monoisotopic (exact) mass is 308 g/mol. The normalized spacial score (nSPS) is 29.5. The summed E-state index contributed by atoms with van der Waals surface area (Å²) < 4.78 is 8.20. The van der Waals surface area contributed by atoms with E-state index in [1.807, 2.05) is 11.8 Å². The molecule has 0 bridgehead atoms. The van der Waals surface area contributed by atoms with Crippen LogP contribution in [0.15, 0.2) is 0 Å². The Morgan fingerprint density at radius 1 is 1.38 bits per heavy atom. The Balaban J connectivity index is 1.88. The molecule has 0 aromatic carbocycles. The van der Waals surface area contributed by atoms with Gasteiger partial charge in [0.25, 0.3) is 5.91 Å². The van der Waals surface area contributed by atoms with Gasteiger partial charge in [0.15, 0.2) is 5.69 Å². The minimum absolute atomic E-state index is 0.0915.